The van der Waals surface area contributed by atoms with Crippen LogP contribution in [0.5, 0.6) is 0 Å². The molecular weight excluding hydrogens is 1160 g/mol. The molecule has 1 rings (SSSR count). The minimum atomic E-state index is -1.58. The zero-order valence-corrected chi connectivity index (χ0v) is 60.7. The maximum atomic E-state index is 13.1. The van der Waals surface area contributed by atoms with Crippen LogP contribution in [0.3, 0.4) is 0 Å². The second-order valence-corrected chi connectivity index (χ2v) is 27.7. The molecule has 6 N–H and O–H groups in total. The molecule has 1 aliphatic heterocycles. The molecule has 0 aromatic rings. The fourth-order valence-corrected chi connectivity index (χ4v) is 12.6. The van der Waals surface area contributed by atoms with Crippen LogP contribution >= 0.6 is 0 Å². The molecule has 7 unspecified atom stereocenters. The molecule has 0 radical (unpaired) electrons. The normalized spacial score (nSPS) is 17.8. The summed E-state index contributed by atoms with van der Waals surface area (Å²) in [6, 6.07) is -0.834. The fourth-order valence-electron chi connectivity index (χ4n) is 12.6. The number of aliphatic hydroxyl groups is 5. The van der Waals surface area contributed by atoms with Crippen LogP contribution in [0.15, 0.2) is 60.8 Å². The molecule has 1 fully saturated rings. The number of carbonyl (C=O) groups is 2. The van der Waals surface area contributed by atoms with Gasteiger partial charge in [0, 0.05) is 12.8 Å². The van der Waals surface area contributed by atoms with Gasteiger partial charge in [-0.2, -0.15) is 0 Å². The van der Waals surface area contributed by atoms with Crippen LogP contribution in [-0.2, 0) is 23.8 Å². The number of carbonyl (C=O) groups excluding carboxylic acids is 2. The zero-order chi connectivity index (χ0) is 67.2. The van der Waals surface area contributed by atoms with Gasteiger partial charge in [-0.3, -0.25) is 9.59 Å². The summed E-state index contributed by atoms with van der Waals surface area (Å²) in [6.45, 7) is 4.35. The SMILES string of the molecule is CCCCCCC/C=C/CC/C=C/CC/C=C/C(O)C(COC1OC(CO)C(O)C(O)C1O)NC(=O)CCCCCCCCCCCCCCCCCCC/C=C\C/C=C\CCCCCCCCCCCCCCCCCOC(=O)CCCCCCCCCCCCC. The van der Waals surface area contributed by atoms with Crippen molar-refractivity contribution in [2.24, 2.45) is 0 Å². The second-order valence-electron chi connectivity index (χ2n) is 27.7. The lowest BCUT2D eigenvalue weighted by Crippen LogP contribution is -2.60. The highest BCUT2D eigenvalue weighted by Crippen LogP contribution is 2.24. The van der Waals surface area contributed by atoms with Gasteiger partial charge in [0.25, 0.3) is 0 Å². The van der Waals surface area contributed by atoms with Crippen LogP contribution < -0.4 is 5.32 Å². The third-order valence-corrected chi connectivity index (χ3v) is 18.8. The first-order valence-electron chi connectivity index (χ1n) is 40.1. The summed E-state index contributed by atoms with van der Waals surface area (Å²) in [5.41, 5.74) is 0. The van der Waals surface area contributed by atoms with E-state index in [2.05, 4.69) is 67.8 Å². The Balaban J connectivity index is 1.94. The third kappa shape index (κ3) is 59.2. The van der Waals surface area contributed by atoms with Gasteiger partial charge in [0.15, 0.2) is 6.29 Å². The van der Waals surface area contributed by atoms with Gasteiger partial charge < -0.3 is 45.1 Å². The maximum absolute atomic E-state index is 13.1. The molecule has 0 spiro atoms. The van der Waals surface area contributed by atoms with Crippen molar-refractivity contribution < 1.29 is 49.3 Å². The first kappa shape index (κ1) is 88.4. The lowest BCUT2D eigenvalue weighted by molar-refractivity contribution is -0.302. The Morgan fingerprint density at radius 1 is 0.398 bits per heavy atom. The van der Waals surface area contributed by atoms with Crippen LogP contribution in [0.1, 0.15) is 386 Å². The van der Waals surface area contributed by atoms with Gasteiger partial charge in [0.2, 0.25) is 5.91 Å². The van der Waals surface area contributed by atoms with E-state index in [4.69, 9.17) is 14.2 Å². The van der Waals surface area contributed by atoms with E-state index in [1.165, 1.54) is 289 Å². The molecule has 0 aromatic carbocycles. The highest BCUT2D eigenvalue weighted by molar-refractivity contribution is 5.76. The summed E-state index contributed by atoms with van der Waals surface area (Å²) in [6.07, 6.45) is 85.4. The topological polar surface area (TPSA) is 175 Å². The van der Waals surface area contributed by atoms with Crippen LogP contribution in [-0.4, -0.2) is 100 Å². The predicted molar refractivity (Wildman–Crippen MR) is 393 cm³/mol. The molecule has 11 heteroatoms. The van der Waals surface area contributed by atoms with E-state index in [1.807, 2.05) is 6.08 Å². The Morgan fingerprint density at radius 3 is 1.13 bits per heavy atom. The van der Waals surface area contributed by atoms with Crippen LogP contribution in [0.2, 0.25) is 0 Å². The number of ether oxygens (including phenoxy) is 3. The van der Waals surface area contributed by atoms with Gasteiger partial charge >= 0.3 is 5.97 Å². The van der Waals surface area contributed by atoms with Crippen molar-refractivity contribution >= 4 is 11.9 Å². The van der Waals surface area contributed by atoms with Gasteiger partial charge in [0.1, 0.15) is 24.4 Å². The number of unbranched alkanes of at least 4 members (excludes halogenated alkanes) is 49. The first-order valence-corrected chi connectivity index (χ1v) is 40.1. The van der Waals surface area contributed by atoms with E-state index < -0.39 is 49.5 Å². The Morgan fingerprint density at radius 2 is 0.731 bits per heavy atom. The number of amides is 1. The summed E-state index contributed by atoms with van der Waals surface area (Å²) in [7, 11) is 0. The Bertz CT molecular complexity index is 1730. The molecule has 1 heterocycles. The van der Waals surface area contributed by atoms with E-state index in [0.717, 1.165) is 70.6 Å². The minimum Gasteiger partial charge on any atom is -0.466 e. The molecule has 0 aromatic heterocycles. The number of aliphatic hydroxyl groups excluding tert-OH is 5. The minimum absolute atomic E-state index is 0.0142. The molecule has 1 saturated heterocycles. The Labute approximate surface area is 573 Å². The van der Waals surface area contributed by atoms with Gasteiger partial charge in [-0.05, 0) is 89.9 Å². The molecule has 1 aliphatic rings. The second kappa shape index (κ2) is 70.7. The van der Waals surface area contributed by atoms with E-state index >= 15 is 0 Å². The summed E-state index contributed by atoms with van der Waals surface area (Å²) < 4.78 is 16.7. The summed E-state index contributed by atoms with van der Waals surface area (Å²) in [5.74, 6) is -0.178. The number of esters is 1. The molecule has 0 aliphatic carbocycles. The molecular formula is C82H151NO10. The number of hydrogen-bond donors (Lipinski definition) is 6. The van der Waals surface area contributed by atoms with Crippen molar-refractivity contribution in [3.8, 4) is 0 Å². The van der Waals surface area contributed by atoms with Crippen molar-refractivity contribution in [3.05, 3.63) is 60.8 Å². The lowest BCUT2D eigenvalue weighted by Gasteiger charge is -2.40. The van der Waals surface area contributed by atoms with Crippen molar-refractivity contribution in [1.82, 2.24) is 5.32 Å². The number of nitrogens with one attached hydrogen (secondary N) is 1. The van der Waals surface area contributed by atoms with Gasteiger partial charge in [-0.15, -0.1) is 0 Å². The molecule has 0 saturated carbocycles. The van der Waals surface area contributed by atoms with Crippen molar-refractivity contribution in [3.63, 3.8) is 0 Å². The Hall–Kier alpha value is -2.64. The smallest absolute Gasteiger partial charge is 0.305 e. The Kier molecular flexibility index (Phi) is 67.2. The third-order valence-electron chi connectivity index (χ3n) is 18.8. The standard InChI is InChI=1S/C82H151NO10/c1-3-5-7-9-11-13-15-16-42-45-49-52-56-60-64-68-75(85)74(73-92-82-81(90)80(89)79(88)76(72-84)93-82)83-77(86)69-65-61-57-53-50-46-43-40-38-36-34-32-30-28-26-24-22-20-18-17-19-21-23-25-27-29-31-33-35-37-39-41-44-47-51-55-59-63-67-71-91-78(87)70-66-62-58-54-48-14-12-10-8-6-4-2/h15-18,21,23,49,52,64,68,74-76,79-82,84-85,88-90H,3-14,19-20,22,24-48,50-51,53-63,65-67,69-73H2,1-2H3,(H,83,86)/b16-15+,18-17-,23-21-,52-49+,68-64+. The zero-order valence-electron chi connectivity index (χ0n) is 60.7. The number of hydrogen-bond acceptors (Lipinski definition) is 10. The van der Waals surface area contributed by atoms with Crippen molar-refractivity contribution in [2.75, 3.05) is 19.8 Å². The molecule has 11 nitrogen and oxygen atoms in total. The monoisotopic (exact) mass is 1310 g/mol. The molecule has 93 heavy (non-hydrogen) atoms. The molecule has 1 amide bonds. The fraction of sp³-hybridized carbons (Fsp3) is 0.854. The van der Waals surface area contributed by atoms with Crippen LogP contribution in [0.25, 0.3) is 0 Å². The van der Waals surface area contributed by atoms with E-state index in [9.17, 15) is 35.1 Å². The van der Waals surface area contributed by atoms with Gasteiger partial charge in [0.05, 0.1) is 32.0 Å². The highest BCUT2D eigenvalue weighted by Gasteiger charge is 2.44. The van der Waals surface area contributed by atoms with E-state index in [-0.39, 0.29) is 18.5 Å². The molecule has 7 atom stereocenters. The summed E-state index contributed by atoms with van der Waals surface area (Å²) in [4.78, 5) is 25.1. The van der Waals surface area contributed by atoms with Crippen LogP contribution in [0, 0.1) is 0 Å². The quantitative estimate of drug-likeness (QED) is 0.0195. The maximum Gasteiger partial charge on any atom is 0.305 e. The van der Waals surface area contributed by atoms with E-state index in [1.54, 1.807) is 6.08 Å². The van der Waals surface area contributed by atoms with E-state index in [0.29, 0.717) is 19.4 Å². The number of rotatable bonds is 71. The average Bonchev–Trinajstić information content (AvgIpc) is 1.11. The lowest BCUT2D eigenvalue weighted by atomic mass is 9.99. The molecule has 544 valence electrons. The molecule has 0 bridgehead atoms. The van der Waals surface area contributed by atoms with Gasteiger partial charge in [-0.25, -0.2) is 0 Å². The van der Waals surface area contributed by atoms with Crippen LogP contribution in [0.4, 0.5) is 0 Å². The number of allylic oxidation sites excluding steroid dienone is 9. The van der Waals surface area contributed by atoms with Crippen molar-refractivity contribution in [2.45, 2.75) is 429 Å². The summed E-state index contributed by atoms with van der Waals surface area (Å²) in [5, 5.41) is 54.6. The predicted octanol–water partition coefficient (Wildman–Crippen LogP) is 21.6. The largest absolute Gasteiger partial charge is 0.466 e. The van der Waals surface area contributed by atoms with Crippen molar-refractivity contribution in [1.29, 1.82) is 0 Å². The summed E-state index contributed by atoms with van der Waals surface area (Å²) >= 11 is 0. The van der Waals surface area contributed by atoms with Gasteiger partial charge in [-0.1, -0.05) is 344 Å². The average molecular weight is 1310 g/mol. The highest BCUT2D eigenvalue weighted by atomic mass is 16.7. The first-order chi connectivity index (χ1) is 45.7.